The summed E-state index contributed by atoms with van der Waals surface area (Å²) in [5.41, 5.74) is -1.67. The molecule has 1 spiro atoms. The maximum atomic E-state index is 14.2. The van der Waals surface area contributed by atoms with Gasteiger partial charge in [0.25, 0.3) is 0 Å². The number of allylic oxidation sites excluding steroid dienone is 2. The van der Waals surface area contributed by atoms with Crippen LogP contribution in [0.4, 0.5) is 0 Å². The molecule has 7 aliphatic rings. The molecule has 10 heteroatoms. The van der Waals surface area contributed by atoms with E-state index in [1.54, 1.807) is 0 Å². The van der Waals surface area contributed by atoms with Gasteiger partial charge in [-0.1, -0.05) is 91.2 Å². The molecule has 2 heterocycles. The Morgan fingerprint density at radius 3 is 2.21 bits per heavy atom. The van der Waals surface area contributed by atoms with Crippen LogP contribution in [0.3, 0.4) is 0 Å². The molecule has 5 saturated carbocycles. The maximum Gasteiger partial charge on any atom is 0.318 e. The monoisotopic (exact) mass is 780 g/mol. The van der Waals surface area contributed by atoms with E-state index in [0.29, 0.717) is 32.1 Å². The van der Waals surface area contributed by atoms with Crippen LogP contribution in [0.5, 0.6) is 0 Å². The van der Waals surface area contributed by atoms with Crippen molar-refractivity contribution in [2.45, 2.75) is 157 Å². The normalized spacial score (nSPS) is 38.6. The van der Waals surface area contributed by atoms with Crippen LogP contribution in [0.25, 0.3) is 0 Å². The molecule has 13 atom stereocenters. The van der Waals surface area contributed by atoms with Crippen LogP contribution >= 0.6 is 0 Å². The third-order valence-electron chi connectivity index (χ3n) is 16.6. The maximum absolute atomic E-state index is 14.2. The van der Waals surface area contributed by atoms with E-state index < -0.39 is 52.5 Å². The summed E-state index contributed by atoms with van der Waals surface area (Å²) in [4.78, 5) is 77.4. The molecule has 7 fully saturated rings. The highest BCUT2D eigenvalue weighted by atomic mass is 16.6. The molecular formula is C46H68O10. The number of rotatable bonds is 19. The van der Waals surface area contributed by atoms with Gasteiger partial charge in [-0.2, -0.15) is 0 Å². The van der Waals surface area contributed by atoms with Gasteiger partial charge in [0.2, 0.25) is 0 Å². The molecule has 2 bridgehead atoms. The summed E-state index contributed by atoms with van der Waals surface area (Å²) in [5, 5.41) is 19.8. The first-order chi connectivity index (χ1) is 26.6. The molecule has 56 heavy (non-hydrogen) atoms. The summed E-state index contributed by atoms with van der Waals surface area (Å²) in [7, 11) is 0. The van der Waals surface area contributed by atoms with Crippen molar-refractivity contribution in [1.82, 2.24) is 0 Å². The van der Waals surface area contributed by atoms with Crippen LogP contribution in [0.1, 0.15) is 157 Å². The van der Waals surface area contributed by atoms with Gasteiger partial charge in [0.05, 0.1) is 29.6 Å². The quantitative estimate of drug-likeness (QED) is 0.0560. The van der Waals surface area contributed by atoms with E-state index in [2.05, 4.69) is 39.8 Å². The van der Waals surface area contributed by atoms with Crippen molar-refractivity contribution in [3.05, 3.63) is 12.2 Å². The zero-order chi connectivity index (χ0) is 40.6. The number of esters is 4. The van der Waals surface area contributed by atoms with Gasteiger partial charge < -0.3 is 19.7 Å². The minimum atomic E-state index is -0.848. The number of carboxylic acids is 2. The Labute approximate surface area is 333 Å². The Morgan fingerprint density at radius 1 is 0.857 bits per heavy atom. The molecule has 0 radical (unpaired) electrons. The van der Waals surface area contributed by atoms with Gasteiger partial charge in [0.15, 0.2) is 0 Å². The second-order valence-corrected chi connectivity index (χ2v) is 19.7. The molecule has 13 unspecified atom stereocenters. The lowest BCUT2D eigenvalue weighted by molar-refractivity contribution is -0.271. The van der Waals surface area contributed by atoms with E-state index in [0.717, 1.165) is 77.0 Å². The summed E-state index contributed by atoms with van der Waals surface area (Å²) in [6.07, 6.45) is 18.9. The fraction of sp³-hybridized carbons (Fsp3) is 0.826. The van der Waals surface area contributed by atoms with Crippen LogP contribution in [-0.4, -0.2) is 46.0 Å². The van der Waals surface area contributed by atoms with Gasteiger partial charge in [-0.05, 0) is 123 Å². The van der Waals surface area contributed by atoms with Crippen LogP contribution < -0.4 is 0 Å². The Hall–Kier alpha value is -3.04. The Morgan fingerprint density at radius 2 is 1.57 bits per heavy atom. The van der Waals surface area contributed by atoms with E-state index in [4.69, 9.17) is 14.6 Å². The van der Waals surface area contributed by atoms with Gasteiger partial charge >= 0.3 is 35.8 Å². The zero-order valence-electron chi connectivity index (χ0n) is 34.6. The molecule has 312 valence electrons. The van der Waals surface area contributed by atoms with Crippen molar-refractivity contribution in [3.63, 3.8) is 0 Å². The zero-order valence-corrected chi connectivity index (χ0v) is 34.6. The molecule has 2 N–H and O–H groups in total. The number of hydrogen-bond donors (Lipinski definition) is 2. The van der Waals surface area contributed by atoms with Crippen molar-refractivity contribution in [2.75, 3.05) is 0 Å². The van der Waals surface area contributed by atoms with Gasteiger partial charge in [-0.25, -0.2) is 0 Å². The van der Waals surface area contributed by atoms with E-state index in [1.165, 1.54) is 0 Å². The van der Waals surface area contributed by atoms with Crippen molar-refractivity contribution in [3.8, 4) is 0 Å². The first-order valence-electron chi connectivity index (χ1n) is 22.2. The number of fused-ring (bicyclic) bond motifs is 2. The molecule has 2 saturated heterocycles. The van der Waals surface area contributed by atoms with Gasteiger partial charge in [-0.15, -0.1) is 0 Å². The summed E-state index contributed by atoms with van der Waals surface area (Å²) in [6, 6.07) is 0. The molecule has 10 nitrogen and oxygen atoms in total. The van der Waals surface area contributed by atoms with E-state index >= 15 is 0 Å². The van der Waals surface area contributed by atoms with E-state index in [9.17, 15) is 33.9 Å². The molecule has 0 aromatic carbocycles. The minimum Gasteiger partial charge on any atom is -0.481 e. The van der Waals surface area contributed by atoms with E-state index in [-0.39, 0.29) is 77.5 Å². The van der Waals surface area contributed by atoms with E-state index in [1.807, 2.05) is 6.92 Å². The van der Waals surface area contributed by atoms with Crippen LogP contribution in [0.15, 0.2) is 12.2 Å². The van der Waals surface area contributed by atoms with Crippen molar-refractivity contribution >= 4 is 35.8 Å². The van der Waals surface area contributed by atoms with Crippen LogP contribution in [-0.2, 0) is 38.2 Å². The topological polar surface area (TPSA) is 161 Å². The molecule has 0 aromatic rings. The van der Waals surface area contributed by atoms with Crippen LogP contribution in [0, 0.1) is 81.3 Å². The third kappa shape index (κ3) is 7.53. The number of ether oxygens (including phenoxy) is 2. The number of unbranched alkanes of at least 4 members (excludes halogenated alkanes) is 6. The van der Waals surface area contributed by atoms with Crippen LogP contribution in [0.2, 0.25) is 0 Å². The second-order valence-electron chi connectivity index (χ2n) is 19.7. The van der Waals surface area contributed by atoms with Crippen molar-refractivity contribution in [2.24, 2.45) is 81.3 Å². The SMILES string of the molecule is CCC/C=C/C(CCC(CCCCCCCCC(=O)O)C1C(C(C)C)C2CC3C4(C)CCCC(C)(C(=O)O)C4CCC13C1C(=O)OC(=O)C21)C1CC(=O)OC1=O. The Balaban J connectivity index is 1.39. The highest BCUT2D eigenvalue weighted by Gasteiger charge is 2.78. The molecule has 5 aliphatic carbocycles. The third-order valence-corrected chi connectivity index (χ3v) is 16.6. The second kappa shape index (κ2) is 17.1. The molecular weight excluding hydrogens is 712 g/mol. The lowest BCUT2D eigenvalue weighted by Crippen LogP contribution is -2.71. The highest BCUT2D eigenvalue weighted by molar-refractivity contribution is 5.98. The fourth-order valence-electron chi connectivity index (χ4n) is 14.5. The average Bonchev–Trinajstić information content (AvgIpc) is 3.65. The van der Waals surface area contributed by atoms with Crippen molar-refractivity contribution < 1.29 is 48.5 Å². The van der Waals surface area contributed by atoms with Gasteiger partial charge in [0, 0.05) is 6.42 Å². The lowest BCUT2D eigenvalue weighted by atomic mass is 9.28. The highest BCUT2D eigenvalue weighted by Crippen LogP contribution is 2.79. The molecule has 0 amide bonds. The average molecular weight is 781 g/mol. The Bertz CT molecular complexity index is 1550. The van der Waals surface area contributed by atoms with Gasteiger partial charge in [0.1, 0.15) is 0 Å². The largest absolute Gasteiger partial charge is 0.481 e. The molecule has 7 rings (SSSR count). The number of carbonyl (C=O) groups is 6. The Kier molecular flexibility index (Phi) is 13.0. The first kappa shape index (κ1) is 42.6. The number of carboxylic acid groups (broad SMARTS) is 2. The number of aliphatic carboxylic acids is 2. The standard InChI is InChI=1S/C46H68O10/c1-6-7-12-16-28(30-26-35(49)55-40(30)50)19-20-29(17-13-10-8-9-11-14-18-34(47)48)38-36(27(2)3)31-25-33-44(4)22-15-23-45(5,43(53)54)32(44)21-24-46(33,38)39-37(31)41(51)56-42(39)52/h12,16,27-33,36-39H,6-11,13-15,17-26H2,1-5H3,(H,47,48)(H,53,54)/b16-12+. The summed E-state index contributed by atoms with van der Waals surface area (Å²) >= 11 is 0. The fourth-order valence-corrected chi connectivity index (χ4v) is 14.5. The predicted octanol–water partition coefficient (Wildman–Crippen LogP) is 9.18. The number of carbonyl (C=O) groups excluding carboxylic acids is 4. The first-order valence-corrected chi connectivity index (χ1v) is 22.2. The van der Waals surface area contributed by atoms with Gasteiger partial charge in [-0.3, -0.25) is 28.8 Å². The predicted molar refractivity (Wildman–Crippen MR) is 208 cm³/mol. The lowest BCUT2D eigenvalue weighted by Gasteiger charge is -2.74. The summed E-state index contributed by atoms with van der Waals surface area (Å²) < 4.78 is 10.7. The number of cyclic esters (lactones) is 4. The molecule has 2 aliphatic heterocycles. The smallest absolute Gasteiger partial charge is 0.318 e. The molecule has 0 aromatic heterocycles. The summed E-state index contributed by atoms with van der Waals surface area (Å²) in [5.74, 6) is -4.13. The summed E-state index contributed by atoms with van der Waals surface area (Å²) in [6.45, 7) is 10.9. The van der Waals surface area contributed by atoms with Crippen molar-refractivity contribution in [1.29, 1.82) is 0 Å². The number of hydrogen-bond acceptors (Lipinski definition) is 8. The minimum absolute atomic E-state index is 0.0282.